The van der Waals surface area contributed by atoms with Crippen molar-refractivity contribution in [2.75, 3.05) is 6.61 Å². The first-order valence-electron chi connectivity index (χ1n) is 4.03. The Bertz CT molecular complexity index is 234. The Labute approximate surface area is 81.1 Å². The second-order valence-electron chi connectivity index (χ2n) is 2.74. The predicted octanol–water partition coefficient (Wildman–Crippen LogP) is 0.164. The highest BCUT2D eigenvalue weighted by Crippen LogP contribution is 2.28. The molecule has 5 nitrogen and oxygen atoms in total. The van der Waals surface area contributed by atoms with Crippen LogP contribution in [0.4, 0.5) is 0 Å². The monoisotopic (exact) mass is 203 g/mol. The van der Waals surface area contributed by atoms with Crippen LogP contribution in [0.3, 0.4) is 0 Å². The van der Waals surface area contributed by atoms with Gasteiger partial charge in [0.15, 0.2) is 5.17 Å². The highest BCUT2D eigenvalue weighted by Gasteiger charge is 2.39. The maximum Gasteiger partial charge on any atom is 0.321 e. The van der Waals surface area contributed by atoms with E-state index in [2.05, 4.69) is 0 Å². The number of thioether (sulfide) groups is 1. The molecule has 0 aromatic rings. The highest BCUT2D eigenvalue weighted by molar-refractivity contribution is 8.15. The van der Waals surface area contributed by atoms with E-state index in [4.69, 9.17) is 16.0 Å². The smallest absolute Gasteiger partial charge is 0.321 e. The van der Waals surface area contributed by atoms with Crippen molar-refractivity contribution in [3.8, 4) is 0 Å². The van der Waals surface area contributed by atoms with Crippen molar-refractivity contribution in [2.24, 2.45) is 5.84 Å². The molecule has 0 radical (unpaired) electrons. The summed E-state index contributed by atoms with van der Waals surface area (Å²) in [4.78, 5) is 11.3. The van der Waals surface area contributed by atoms with E-state index in [0.717, 1.165) is 11.8 Å². The van der Waals surface area contributed by atoms with Crippen LogP contribution in [-0.2, 0) is 9.53 Å². The molecule has 0 amide bonds. The molecule has 0 spiro atoms. The fraction of sp³-hybridized carbons (Fsp3) is 0.714. The lowest BCUT2D eigenvalue weighted by Crippen LogP contribution is -2.42. The molecule has 13 heavy (non-hydrogen) atoms. The number of carbonyl (C=O) groups is 1. The number of nitrogens with one attached hydrogen (secondary N) is 1. The Balaban J connectivity index is 2.62. The Morgan fingerprint density at radius 2 is 2.46 bits per heavy atom. The zero-order valence-electron chi connectivity index (χ0n) is 7.61. The Hall–Kier alpha value is -0.750. The second-order valence-corrected chi connectivity index (χ2v) is 3.87. The molecule has 0 bridgehead atoms. The fourth-order valence-electron chi connectivity index (χ4n) is 1.08. The largest absolute Gasteiger partial charge is 0.465 e. The lowest BCUT2D eigenvalue weighted by Gasteiger charge is -2.17. The summed E-state index contributed by atoms with van der Waals surface area (Å²) in [5.74, 6) is 5.23. The van der Waals surface area contributed by atoms with Gasteiger partial charge in [0.05, 0.1) is 12.6 Å². The molecule has 1 aliphatic heterocycles. The molecule has 1 saturated heterocycles. The van der Waals surface area contributed by atoms with E-state index in [0.29, 0.717) is 6.61 Å². The van der Waals surface area contributed by atoms with E-state index in [1.54, 1.807) is 13.8 Å². The number of amidine groups is 1. The first kappa shape index (κ1) is 10.3. The van der Waals surface area contributed by atoms with Crippen LogP contribution in [0.5, 0.6) is 0 Å². The van der Waals surface area contributed by atoms with Crippen LogP contribution in [0.25, 0.3) is 0 Å². The van der Waals surface area contributed by atoms with E-state index >= 15 is 0 Å². The third-order valence-corrected chi connectivity index (χ3v) is 3.14. The zero-order valence-corrected chi connectivity index (χ0v) is 8.43. The quantitative estimate of drug-likeness (QED) is 0.494. The fourth-order valence-corrected chi connectivity index (χ4v) is 2.10. The van der Waals surface area contributed by atoms with Gasteiger partial charge in [-0.2, -0.15) is 0 Å². The van der Waals surface area contributed by atoms with Crippen LogP contribution >= 0.6 is 11.8 Å². The van der Waals surface area contributed by atoms with Crippen LogP contribution in [0, 0.1) is 5.41 Å². The molecule has 2 atom stereocenters. The van der Waals surface area contributed by atoms with Crippen molar-refractivity contribution in [2.45, 2.75) is 25.1 Å². The van der Waals surface area contributed by atoms with Gasteiger partial charge in [0.1, 0.15) is 5.25 Å². The van der Waals surface area contributed by atoms with Crippen molar-refractivity contribution in [1.82, 2.24) is 5.01 Å². The SMILES string of the molecule is CCOC(=O)[C@@H]1SC(=N)N(N)[C@@H]1C. The summed E-state index contributed by atoms with van der Waals surface area (Å²) in [6, 6.07) is -0.170. The molecule has 0 saturated carbocycles. The summed E-state index contributed by atoms with van der Waals surface area (Å²) < 4.78 is 4.85. The molecule has 6 heteroatoms. The van der Waals surface area contributed by atoms with Gasteiger partial charge in [-0.05, 0) is 13.8 Å². The third-order valence-electron chi connectivity index (χ3n) is 1.87. The molecule has 74 valence electrons. The normalized spacial score (nSPS) is 27.9. The van der Waals surface area contributed by atoms with Crippen molar-refractivity contribution >= 4 is 22.9 Å². The van der Waals surface area contributed by atoms with Gasteiger partial charge in [0, 0.05) is 0 Å². The van der Waals surface area contributed by atoms with Gasteiger partial charge in [-0.1, -0.05) is 11.8 Å². The number of carbonyl (C=O) groups excluding carboxylic acids is 1. The highest BCUT2D eigenvalue weighted by atomic mass is 32.2. The molecule has 1 aliphatic rings. The first-order valence-corrected chi connectivity index (χ1v) is 4.91. The zero-order chi connectivity index (χ0) is 10.0. The number of hydrogen-bond acceptors (Lipinski definition) is 5. The third kappa shape index (κ3) is 1.94. The molecule has 0 unspecified atom stereocenters. The van der Waals surface area contributed by atoms with Crippen LogP contribution in [0.15, 0.2) is 0 Å². The number of esters is 1. The molecule has 3 N–H and O–H groups in total. The van der Waals surface area contributed by atoms with Crippen molar-refractivity contribution < 1.29 is 9.53 Å². The van der Waals surface area contributed by atoms with E-state index in [1.807, 2.05) is 0 Å². The standard InChI is InChI=1S/C7H13N3O2S/c1-3-12-6(11)5-4(2)10(9)7(8)13-5/h4-5,8H,3,9H2,1-2H3/t4-,5-/m1/s1. The van der Waals surface area contributed by atoms with Crippen molar-refractivity contribution in [3.63, 3.8) is 0 Å². The van der Waals surface area contributed by atoms with Crippen molar-refractivity contribution in [3.05, 3.63) is 0 Å². The van der Waals surface area contributed by atoms with Gasteiger partial charge < -0.3 is 4.74 Å². The van der Waals surface area contributed by atoms with Gasteiger partial charge in [-0.3, -0.25) is 15.2 Å². The number of ether oxygens (including phenoxy) is 1. The lowest BCUT2D eigenvalue weighted by atomic mass is 10.2. The topological polar surface area (TPSA) is 79.4 Å². The number of nitrogens with two attached hydrogens (primary N) is 1. The molecular formula is C7H13N3O2S. The average molecular weight is 203 g/mol. The first-order chi connectivity index (χ1) is 6.07. The summed E-state index contributed by atoms with van der Waals surface area (Å²) in [7, 11) is 0. The van der Waals surface area contributed by atoms with Gasteiger partial charge in [-0.25, -0.2) is 5.84 Å². The van der Waals surface area contributed by atoms with Gasteiger partial charge in [-0.15, -0.1) is 0 Å². The second kappa shape index (κ2) is 3.97. The summed E-state index contributed by atoms with van der Waals surface area (Å²) in [6.45, 7) is 3.92. The van der Waals surface area contributed by atoms with Crippen LogP contribution in [-0.4, -0.2) is 34.0 Å². The molecule has 0 aromatic heterocycles. The molecular weight excluding hydrogens is 190 g/mol. The van der Waals surface area contributed by atoms with Gasteiger partial charge in [0.2, 0.25) is 0 Å². The van der Waals surface area contributed by atoms with Crippen molar-refractivity contribution in [1.29, 1.82) is 5.41 Å². The molecule has 1 fully saturated rings. The summed E-state index contributed by atoms with van der Waals surface area (Å²) in [5, 5.41) is 8.53. The number of hydrogen-bond donors (Lipinski definition) is 2. The minimum atomic E-state index is -0.363. The predicted molar refractivity (Wildman–Crippen MR) is 51.2 cm³/mol. The Kier molecular flexibility index (Phi) is 3.16. The van der Waals surface area contributed by atoms with Crippen LogP contribution < -0.4 is 5.84 Å². The van der Waals surface area contributed by atoms with E-state index in [1.165, 1.54) is 5.01 Å². The van der Waals surface area contributed by atoms with Gasteiger partial charge in [0.25, 0.3) is 0 Å². The van der Waals surface area contributed by atoms with Crippen LogP contribution in [0.1, 0.15) is 13.8 Å². The van der Waals surface area contributed by atoms with E-state index < -0.39 is 0 Å². The number of rotatable bonds is 2. The number of hydrazine groups is 1. The number of nitrogens with zero attached hydrogens (tertiary/aromatic N) is 1. The van der Waals surface area contributed by atoms with Gasteiger partial charge >= 0.3 is 5.97 Å². The van der Waals surface area contributed by atoms with E-state index in [9.17, 15) is 4.79 Å². The molecule has 0 aliphatic carbocycles. The summed E-state index contributed by atoms with van der Waals surface area (Å²) in [6.07, 6.45) is 0. The summed E-state index contributed by atoms with van der Waals surface area (Å²) >= 11 is 1.14. The Morgan fingerprint density at radius 3 is 2.85 bits per heavy atom. The Morgan fingerprint density at radius 1 is 1.85 bits per heavy atom. The van der Waals surface area contributed by atoms with E-state index in [-0.39, 0.29) is 22.4 Å². The molecule has 0 aromatic carbocycles. The summed E-state index contributed by atoms with van der Waals surface area (Å²) in [5.41, 5.74) is 0. The maximum absolute atomic E-state index is 11.3. The minimum absolute atomic E-state index is 0.170. The van der Waals surface area contributed by atoms with Crippen LogP contribution in [0.2, 0.25) is 0 Å². The molecule has 1 rings (SSSR count). The maximum atomic E-state index is 11.3. The average Bonchev–Trinajstić information content (AvgIpc) is 2.33. The molecule has 1 heterocycles. The minimum Gasteiger partial charge on any atom is -0.465 e. The lowest BCUT2D eigenvalue weighted by molar-refractivity contribution is -0.143.